The van der Waals surface area contributed by atoms with Gasteiger partial charge >= 0.3 is 5.97 Å². The van der Waals surface area contributed by atoms with E-state index in [9.17, 15) is 4.79 Å². The molecule has 0 amide bonds. The molecule has 0 saturated carbocycles. The van der Waals surface area contributed by atoms with E-state index in [4.69, 9.17) is 9.47 Å². The molecule has 23 heavy (non-hydrogen) atoms. The highest BCUT2D eigenvalue weighted by Gasteiger charge is 2.43. The Kier molecular flexibility index (Phi) is 6.90. The van der Waals surface area contributed by atoms with E-state index in [1.807, 2.05) is 37.3 Å². The van der Waals surface area contributed by atoms with Gasteiger partial charge in [-0.15, -0.1) is 0 Å². The third-order valence-electron chi connectivity index (χ3n) is 4.50. The Balaban J connectivity index is 2.00. The molecule has 0 aromatic heterocycles. The van der Waals surface area contributed by atoms with Crippen molar-refractivity contribution < 1.29 is 14.3 Å². The number of carbonyl (C=O) groups excluding carboxylic acids is 1. The highest BCUT2D eigenvalue weighted by atomic mass is 16.5. The topological polar surface area (TPSA) is 38.8 Å². The summed E-state index contributed by atoms with van der Waals surface area (Å²) in [4.78, 5) is 15.0. The standard InChI is InChI=1S/C19H29NO3/c1-3-13-20-14-8-11-19(16-20,18(21)22-4-2)12-15-23-17-9-6-5-7-10-17/h5-7,9-10H,3-4,8,11-16H2,1-2H3/t19-/m0/s1. The van der Waals surface area contributed by atoms with Crippen LogP contribution in [0.25, 0.3) is 0 Å². The second-order valence-corrected chi connectivity index (χ2v) is 6.29. The zero-order valence-electron chi connectivity index (χ0n) is 14.4. The summed E-state index contributed by atoms with van der Waals surface area (Å²) >= 11 is 0. The van der Waals surface area contributed by atoms with Crippen LogP contribution in [-0.4, -0.2) is 43.7 Å². The van der Waals surface area contributed by atoms with E-state index >= 15 is 0 Å². The molecule has 0 aliphatic carbocycles. The van der Waals surface area contributed by atoms with Gasteiger partial charge < -0.3 is 14.4 Å². The monoisotopic (exact) mass is 319 g/mol. The molecule has 1 aromatic rings. The van der Waals surface area contributed by atoms with Crippen LogP contribution in [0.15, 0.2) is 30.3 Å². The van der Waals surface area contributed by atoms with Crippen LogP contribution in [0.4, 0.5) is 0 Å². The molecule has 2 rings (SSSR count). The van der Waals surface area contributed by atoms with E-state index < -0.39 is 5.41 Å². The molecule has 1 aromatic carbocycles. The van der Waals surface area contributed by atoms with Crippen LogP contribution >= 0.6 is 0 Å². The van der Waals surface area contributed by atoms with Gasteiger partial charge in [0.2, 0.25) is 0 Å². The first-order valence-electron chi connectivity index (χ1n) is 8.77. The van der Waals surface area contributed by atoms with Crippen molar-refractivity contribution in [3.8, 4) is 5.75 Å². The number of hydrogen-bond acceptors (Lipinski definition) is 4. The molecule has 1 aliphatic rings. The summed E-state index contributed by atoms with van der Waals surface area (Å²) in [5.41, 5.74) is -0.418. The molecular weight excluding hydrogens is 290 g/mol. The fourth-order valence-corrected chi connectivity index (χ4v) is 3.37. The van der Waals surface area contributed by atoms with Gasteiger partial charge in [-0.1, -0.05) is 25.1 Å². The number of rotatable bonds is 8. The molecule has 0 unspecified atom stereocenters. The van der Waals surface area contributed by atoms with Crippen LogP contribution in [-0.2, 0) is 9.53 Å². The first-order chi connectivity index (χ1) is 11.2. The van der Waals surface area contributed by atoms with Gasteiger partial charge in [0.25, 0.3) is 0 Å². The molecule has 0 bridgehead atoms. The fourth-order valence-electron chi connectivity index (χ4n) is 3.37. The SMILES string of the molecule is CCCN1CCC[C@@](CCOc2ccccc2)(C(=O)OCC)C1. The molecular formula is C19H29NO3. The Morgan fingerprint density at radius 2 is 2.04 bits per heavy atom. The minimum absolute atomic E-state index is 0.0579. The number of para-hydroxylation sites is 1. The number of hydrogen-bond donors (Lipinski definition) is 0. The number of benzene rings is 1. The van der Waals surface area contributed by atoms with Gasteiger partial charge in [0.1, 0.15) is 5.75 Å². The maximum absolute atomic E-state index is 12.6. The Morgan fingerprint density at radius 3 is 2.74 bits per heavy atom. The molecule has 1 aliphatic heterocycles. The highest BCUT2D eigenvalue weighted by molar-refractivity contribution is 5.77. The predicted octanol–water partition coefficient (Wildman–Crippen LogP) is 3.51. The normalized spacial score (nSPS) is 21.8. The van der Waals surface area contributed by atoms with E-state index in [-0.39, 0.29) is 5.97 Å². The van der Waals surface area contributed by atoms with Crippen molar-refractivity contribution in [2.45, 2.75) is 39.5 Å². The van der Waals surface area contributed by atoms with E-state index in [0.29, 0.717) is 19.6 Å². The summed E-state index contributed by atoms with van der Waals surface area (Å²) in [5, 5.41) is 0. The zero-order chi connectivity index (χ0) is 16.5. The van der Waals surface area contributed by atoms with E-state index in [1.165, 1.54) is 0 Å². The van der Waals surface area contributed by atoms with Crippen LogP contribution in [0.3, 0.4) is 0 Å². The lowest BCUT2D eigenvalue weighted by atomic mass is 9.77. The van der Waals surface area contributed by atoms with Crippen LogP contribution < -0.4 is 4.74 Å². The molecule has 0 spiro atoms. The van der Waals surface area contributed by atoms with Gasteiger partial charge in [0, 0.05) is 6.54 Å². The minimum Gasteiger partial charge on any atom is -0.494 e. The van der Waals surface area contributed by atoms with Crippen molar-refractivity contribution in [1.29, 1.82) is 0 Å². The predicted molar refractivity (Wildman–Crippen MR) is 91.6 cm³/mol. The van der Waals surface area contributed by atoms with Gasteiger partial charge in [-0.25, -0.2) is 0 Å². The lowest BCUT2D eigenvalue weighted by molar-refractivity contribution is -0.160. The molecule has 0 N–H and O–H groups in total. The largest absolute Gasteiger partial charge is 0.494 e. The number of carbonyl (C=O) groups is 1. The van der Waals surface area contributed by atoms with Crippen LogP contribution in [0.2, 0.25) is 0 Å². The summed E-state index contributed by atoms with van der Waals surface area (Å²) in [7, 11) is 0. The molecule has 128 valence electrons. The van der Waals surface area contributed by atoms with Crippen molar-refractivity contribution in [1.82, 2.24) is 4.90 Å². The van der Waals surface area contributed by atoms with Crippen molar-refractivity contribution in [3.63, 3.8) is 0 Å². The van der Waals surface area contributed by atoms with Crippen molar-refractivity contribution in [3.05, 3.63) is 30.3 Å². The number of likely N-dealkylation sites (tertiary alicyclic amines) is 1. The number of piperidine rings is 1. The molecule has 4 heteroatoms. The fraction of sp³-hybridized carbons (Fsp3) is 0.632. The van der Waals surface area contributed by atoms with Crippen LogP contribution in [0.1, 0.15) is 39.5 Å². The molecule has 1 fully saturated rings. The van der Waals surface area contributed by atoms with Gasteiger partial charge in [-0.05, 0) is 57.8 Å². The molecule has 4 nitrogen and oxygen atoms in total. The van der Waals surface area contributed by atoms with E-state index in [1.54, 1.807) is 0 Å². The number of esters is 1. The average Bonchev–Trinajstić information content (AvgIpc) is 2.57. The zero-order valence-corrected chi connectivity index (χ0v) is 14.4. The summed E-state index contributed by atoms with van der Waals surface area (Å²) in [6.45, 7) is 7.95. The Labute approximate surface area is 139 Å². The van der Waals surface area contributed by atoms with Gasteiger partial charge in [-0.2, -0.15) is 0 Å². The Hall–Kier alpha value is -1.55. The van der Waals surface area contributed by atoms with Gasteiger partial charge in [0.15, 0.2) is 0 Å². The van der Waals surface area contributed by atoms with Gasteiger partial charge in [-0.3, -0.25) is 4.79 Å². The van der Waals surface area contributed by atoms with Crippen molar-refractivity contribution in [2.24, 2.45) is 5.41 Å². The smallest absolute Gasteiger partial charge is 0.313 e. The highest BCUT2D eigenvalue weighted by Crippen LogP contribution is 2.35. The molecule has 1 atom stereocenters. The number of nitrogens with zero attached hydrogens (tertiary/aromatic N) is 1. The van der Waals surface area contributed by atoms with Crippen LogP contribution in [0, 0.1) is 5.41 Å². The van der Waals surface area contributed by atoms with E-state index in [2.05, 4.69) is 11.8 Å². The van der Waals surface area contributed by atoms with E-state index in [0.717, 1.165) is 44.6 Å². The second kappa shape index (κ2) is 8.92. The first kappa shape index (κ1) is 17.8. The Bertz CT molecular complexity index is 475. The third kappa shape index (κ3) is 4.96. The maximum atomic E-state index is 12.6. The molecule has 0 radical (unpaired) electrons. The number of ether oxygens (including phenoxy) is 2. The summed E-state index contributed by atoms with van der Waals surface area (Å²) < 4.78 is 11.2. The summed E-state index contributed by atoms with van der Waals surface area (Å²) in [6, 6.07) is 9.78. The quantitative estimate of drug-likeness (QED) is 0.687. The Morgan fingerprint density at radius 1 is 1.26 bits per heavy atom. The minimum atomic E-state index is -0.418. The van der Waals surface area contributed by atoms with Gasteiger partial charge in [0.05, 0.1) is 18.6 Å². The molecule has 1 heterocycles. The maximum Gasteiger partial charge on any atom is 0.313 e. The lowest BCUT2D eigenvalue weighted by Crippen LogP contribution is -2.49. The third-order valence-corrected chi connectivity index (χ3v) is 4.50. The second-order valence-electron chi connectivity index (χ2n) is 6.29. The average molecular weight is 319 g/mol. The van der Waals surface area contributed by atoms with Crippen molar-refractivity contribution >= 4 is 5.97 Å². The lowest BCUT2D eigenvalue weighted by Gasteiger charge is -2.40. The molecule has 1 saturated heterocycles. The van der Waals surface area contributed by atoms with Crippen LogP contribution in [0.5, 0.6) is 5.75 Å². The first-order valence-corrected chi connectivity index (χ1v) is 8.77. The van der Waals surface area contributed by atoms with Crippen molar-refractivity contribution in [2.75, 3.05) is 32.8 Å². The summed E-state index contributed by atoms with van der Waals surface area (Å²) in [5.74, 6) is 0.796. The summed E-state index contributed by atoms with van der Waals surface area (Å²) in [6.07, 6.45) is 3.76.